The largest absolute Gasteiger partial charge is 0.382 e. The highest BCUT2D eigenvalue weighted by atomic mass is 32.2. The topological polar surface area (TPSA) is 21.3 Å². The third-order valence-electron chi connectivity index (χ3n) is 2.65. The third kappa shape index (κ3) is 8.30. The van der Waals surface area contributed by atoms with Gasteiger partial charge in [0.25, 0.3) is 0 Å². The van der Waals surface area contributed by atoms with E-state index < -0.39 is 0 Å². The summed E-state index contributed by atoms with van der Waals surface area (Å²) in [6.07, 6.45) is 1.12. The molecule has 0 amide bonds. The van der Waals surface area contributed by atoms with Crippen LogP contribution >= 0.6 is 11.8 Å². The molecule has 0 aromatic heterocycles. The van der Waals surface area contributed by atoms with Crippen LogP contribution in [0.2, 0.25) is 0 Å². The Labute approximate surface area is 122 Å². The molecule has 0 heterocycles. The van der Waals surface area contributed by atoms with Gasteiger partial charge in [-0.3, -0.25) is 0 Å². The average Bonchev–Trinajstić information content (AvgIpc) is 2.37. The van der Waals surface area contributed by atoms with E-state index in [4.69, 9.17) is 4.74 Å². The first-order valence-electron chi connectivity index (χ1n) is 7.06. The van der Waals surface area contributed by atoms with Gasteiger partial charge < -0.3 is 10.1 Å². The predicted octanol–water partition coefficient (Wildman–Crippen LogP) is 4.09. The van der Waals surface area contributed by atoms with Gasteiger partial charge in [-0.25, -0.2) is 0 Å². The minimum atomic E-state index is 0.173. The SMILES string of the molecule is CCOCCCSc1ccc(CNC(C)(C)C)cc1. The van der Waals surface area contributed by atoms with Gasteiger partial charge in [0.15, 0.2) is 0 Å². The highest BCUT2D eigenvalue weighted by Crippen LogP contribution is 2.19. The minimum absolute atomic E-state index is 0.173. The van der Waals surface area contributed by atoms with Gasteiger partial charge in [-0.05, 0) is 51.8 Å². The van der Waals surface area contributed by atoms with E-state index in [1.165, 1.54) is 10.5 Å². The Bertz CT molecular complexity index is 343. The van der Waals surface area contributed by atoms with Crippen molar-refractivity contribution in [1.82, 2.24) is 5.32 Å². The number of benzene rings is 1. The van der Waals surface area contributed by atoms with Crippen LogP contribution in [0.15, 0.2) is 29.2 Å². The van der Waals surface area contributed by atoms with Crippen molar-refractivity contribution in [2.45, 2.75) is 51.1 Å². The van der Waals surface area contributed by atoms with Crippen LogP contribution in [-0.4, -0.2) is 24.5 Å². The summed E-state index contributed by atoms with van der Waals surface area (Å²) in [7, 11) is 0. The van der Waals surface area contributed by atoms with E-state index in [-0.39, 0.29) is 5.54 Å². The normalized spacial score (nSPS) is 11.8. The second-order valence-corrected chi connectivity index (χ2v) is 6.81. The van der Waals surface area contributed by atoms with Gasteiger partial charge >= 0.3 is 0 Å². The standard InChI is InChI=1S/C16H27NOS/c1-5-18-11-6-12-19-15-9-7-14(8-10-15)13-17-16(2,3)4/h7-10,17H,5-6,11-13H2,1-4H3. The molecule has 0 spiro atoms. The van der Waals surface area contributed by atoms with E-state index in [0.29, 0.717) is 0 Å². The summed E-state index contributed by atoms with van der Waals surface area (Å²) in [5.41, 5.74) is 1.51. The number of hydrogen-bond donors (Lipinski definition) is 1. The first kappa shape index (κ1) is 16.5. The zero-order valence-electron chi connectivity index (χ0n) is 12.7. The second-order valence-electron chi connectivity index (χ2n) is 5.65. The van der Waals surface area contributed by atoms with Gasteiger partial charge in [0.1, 0.15) is 0 Å². The first-order valence-corrected chi connectivity index (χ1v) is 8.04. The van der Waals surface area contributed by atoms with E-state index in [0.717, 1.165) is 31.9 Å². The smallest absolute Gasteiger partial charge is 0.0473 e. The van der Waals surface area contributed by atoms with Crippen LogP contribution in [0.5, 0.6) is 0 Å². The molecule has 0 saturated carbocycles. The van der Waals surface area contributed by atoms with Crippen molar-refractivity contribution in [3.8, 4) is 0 Å². The van der Waals surface area contributed by atoms with Crippen molar-refractivity contribution in [3.63, 3.8) is 0 Å². The molecule has 0 aliphatic rings. The van der Waals surface area contributed by atoms with Crippen molar-refractivity contribution < 1.29 is 4.74 Å². The molecule has 0 aliphatic carbocycles. The summed E-state index contributed by atoms with van der Waals surface area (Å²) >= 11 is 1.90. The van der Waals surface area contributed by atoms with Crippen LogP contribution in [-0.2, 0) is 11.3 Å². The molecule has 0 atom stereocenters. The van der Waals surface area contributed by atoms with Gasteiger partial charge in [0.2, 0.25) is 0 Å². The molecule has 0 unspecified atom stereocenters. The Balaban J connectivity index is 2.27. The lowest BCUT2D eigenvalue weighted by atomic mass is 10.1. The molecule has 0 fully saturated rings. The summed E-state index contributed by atoms with van der Waals surface area (Å²) in [6, 6.07) is 8.85. The summed E-state index contributed by atoms with van der Waals surface area (Å²) < 4.78 is 5.33. The Morgan fingerprint density at radius 3 is 2.42 bits per heavy atom. The fraction of sp³-hybridized carbons (Fsp3) is 0.625. The Morgan fingerprint density at radius 1 is 1.16 bits per heavy atom. The Hall–Kier alpha value is -0.510. The molecule has 0 bridgehead atoms. The number of ether oxygens (including phenoxy) is 1. The lowest BCUT2D eigenvalue weighted by Crippen LogP contribution is -2.35. The highest BCUT2D eigenvalue weighted by molar-refractivity contribution is 7.99. The van der Waals surface area contributed by atoms with Crippen LogP contribution < -0.4 is 5.32 Å². The summed E-state index contributed by atoms with van der Waals surface area (Å²) in [5.74, 6) is 1.12. The van der Waals surface area contributed by atoms with E-state index in [1.54, 1.807) is 0 Å². The maximum absolute atomic E-state index is 5.33. The van der Waals surface area contributed by atoms with Crippen LogP contribution in [0.25, 0.3) is 0 Å². The van der Waals surface area contributed by atoms with Gasteiger partial charge in [-0.2, -0.15) is 0 Å². The zero-order valence-corrected chi connectivity index (χ0v) is 13.5. The van der Waals surface area contributed by atoms with E-state index in [2.05, 4.69) is 50.4 Å². The fourth-order valence-electron chi connectivity index (χ4n) is 1.57. The summed E-state index contributed by atoms with van der Waals surface area (Å²) in [5, 5.41) is 3.50. The molecule has 1 aromatic carbocycles. The number of nitrogens with one attached hydrogen (secondary N) is 1. The van der Waals surface area contributed by atoms with Gasteiger partial charge in [-0.1, -0.05) is 12.1 Å². The maximum Gasteiger partial charge on any atom is 0.0473 e. The molecule has 1 rings (SSSR count). The molecule has 3 heteroatoms. The van der Waals surface area contributed by atoms with Gasteiger partial charge in [0.05, 0.1) is 0 Å². The number of rotatable bonds is 8. The fourth-order valence-corrected chi connectivity index (χ4v) is 2.39. The van der Waals surface area contributed by atoms with Crippen molar-refractivity contribution in [1.29, 1.82) is 0 Å². The van der Waals surface area contributed by atoms with Gasteiger partial charge in [0, 0.05) is 35.9 Å². The number of thioether (sulfide) groups is 1. The average molecular weight is 281 g/mol. The van der Waals surface area contributed by atoms with Crippen molar-refractivity contribution in [3.05, 3.63) is 29.8 Å². The van der Waals surface area contributed by atoms with Crippen molar-refractivity contribution in [2.75, 3.05) is 19.0 Å². The molecule has 0 radical (unpaired) electrons. The van der Waals surface area contributed by atoms with Crippen LogP contribution in [0.3, 0.4) is 0 Å². The molecule has 108 valence electrons. The Morgan fingerprint density at radius 2 is 1.84 bits per heavy atom. The lowest BCUT2D eigenvalue weighted by Gasteiger charge is -2.20. The van der Waals surface area contributed by atoms with Crippen LogP contribution in [0.1, 0.15) is 39.7 Å². The molecular weight excluding hydrogens is 254 g/mol. The lowest BCUT2D eigenvalue weighted by molar-refractivity contribution is 0.149. The van der Waals surface area contributed by atoms with E-state index in [1.807, 2.05) is 18.7 Å². The molecule has 2 nitrogen and oxygen atoms in total. The first-order chi connectivity index (χ1) is 9.01. The van der Waals surface area contributed by atoms with Crippen molar-refractivity contribution in [2.24, 2.45) is 0 Å². The maximum atomic E-state index is 5.33. The Kier molecular flexibility index (Phi) is 7.51. The molecule has 1 aromatic rings. The van der Waals surface area contributed by atoms with E-state index >= 15 is 0 Å². The second kappa shape index (κ2) is 8.62. The molecule has 0 saturated heterocycles. The summed E-state index contributed by atoms with van der Waals surface area (Å²) in [6.45, 7) is 11.2. The quantitative estimate of drug-likeness (QED) is 0.573. The minimum Gasteiger partial charge on any atom is -0.382 e. The predicted molar refractivity (Wildman–Crippen MR) is 84.9 cm³/mol. The summed E-state index contributed by atoms with van der Waals surface area (Å²) in [4.78, 5) is 1.34. The molecule has 1 N–H and O–H groups in total. The monoisotopic (exact) mass is 281 g/mol. The number of hydrogen-bond acceptors (Lipinski definition) is 3. The van der Waals surface area contributed by atoms with Crippen LogP contribution in [0, 0.1) is 0 Å². The van der Waals surface area contributed by atoms with Gasteiger partial charge in [-0.15, -0.1) is 11.8 Å². The molecule has 0 aliphatic heterocycles. The zero-order chi connectivity index (χ0) is 14.1. The van der Waals surface area contributed by atoms with E-state index in [9.17, 15) is 0 Å². The molecule has 19 heavy (non-hydrogen) atoms. The van der Waals surface area contributed by atoms with Crippen molar-refractivity contribution >= 4 is 11.8 Å². The highest BCUT2D eigenvalue weighted by Gasteiger charge is 2.07. The third-order valence-corrected chi connectivity index (χ3v) is 3.75. The van der Waals surface area contributed by atoms with Crippen LogP contribution in [0.4, 0.5) is 0 Å². The molecular formula is C16H27NOS.